The van der Waals surface area contributed by atoms with Crippen LogP contribution in [0.2, 0.25) is 0 Å². The first-order valence-electron chi connectivity index (χ1n) is 6.68. The summed E-state index contributed by atoms with van der Waals surface area (Å²) in [7, 11) is 1.62. The molecule has 0 bridgehead atoms. The summed E-state index contributed by atoms with van der Waals surface area (Å²) >= 11 is 0. The Morgan fingerprint density at radius 2 is 1.91 bits per heavy atom. The second-order valence-corrected chi connectivity index (χ2v) is 5.00. The Hall–Kier alpha value is -2.89. The molecule has 3 aromatic rings. The minimum Gasteiger partial charge on any atom is -0.508 e. The van der Waals surface area contributed by atoms with E-state index in [0.717, 1.165) is 0 Å². The summed E-state index contributed by atoms with van der Waals surface area (Å²) in [4.78, 5) is 18.4. The highest BCUT2D eigenvalue weighted by atomic mass is 19.1. The van der Waals surface area contributed by atoms with Crippen LogP contribution in [0.5, 0.6) is 5.75 Å². The van der Waals surface area contributed by atoms with E-state index in [2.05, 4.69) is 4.98 Å². The third-order valence-corrected chi connectivity index (χ3v) is 3.50. The lowest BCUT2D eigenvalue weighted by molar-refractivity contribution is 0.0986. The monoisotopic (exact) mass is 299 g/mol. The summed E-state index contributed by atoms with van der Waals surface area (Å²) in [5.41, 5.74) is 1.97. The van der Waals surface area contributed by atoms with Crippen molar-refractivity contribution < 1.29 is 14.3 Å². The molecule has 5 nitrogen and oxygen atoms in total. The number of aromatic nitrogens is 2. The number of nitrogens with zero attached hydrogens (tertiary/aromatic N) is 3. The van der Waals surface area contributed by atoms with Crippen LogP contribution in [-0.2, 0) is 0 Å². The third-order valence-electron chi connectivity index (χ3n) is 3.50. The normalized spacial score (nSPS) is 10.9. The molecule has 0 saturated carbocycles. The van der Waals surface area contributed by atoms with Crippen molar-refractivity contribution in [3.05, 3.63) is 59.8 Å². The molecular weight excluding hydrogens is 285 g/mol. The number of aromatic hydroxyl groups is 1. The Kier molecular flexibility index (Phi) is 3.29. The Labute approximate surface area is 126 Å². The number of pyridine rings is 1. The van der Waals surface area contributed by atoms with E-state index in [1.54, 1.807) is 26.1 Å². The molecule has 0 aliphatic heterocycles. The van der Waals surface area contributed by atoms with Crippen LogP contribution >= 0.6 is 0 Å². The molecule has 1 aromatic carbocycles. The Balaban J connectivity index is 2.06. The number of phenols is 1. The number of carbonyl (C=O) groups is 1. The van der Waals surface area contributed by atoms with Crippen molar-refractivity contribution >= 4 is 17.2 Å². The summed E-state index contributed by atoms with van der Waals surface area (Å²) in [5.74, 6) is -0.620. The van der Waals surface area contributed by atoms with Gasteiger partial charge in [-0.1, -0.05) is 0 Å². The fourth-order valence-electron chi connectivity index (χ4n) is 2.35. The van der Waals surface area contributed by atoms with Gasteiger partial charge >= 0.3 is 0 Å². The van der Waals surface area contributed by atoms with Crippen molar-refractivity contribution in [2.24, 2.45) is 0 Å². The topological polar surface area (TPSA) is 57.8 Å². The van der Waals surface area contributed by atoms with Gasteiger partial charge in [-0.2, -0.15) is 0 Å². The second-order valence-electron chi connectivity index (χ2n) is 5.00. The minimum absolute atomic E-state index is 0.123. The molecule has 0 fully saturated rings. The molecule has 0 aliphatic carbocycles. The van der Waals surface area contributed by atoms with Gasteiger partial charge in [0.15, 0.2) is 0 Å². The van der Waals surface area contributed by atoms with Gasteiger partial charge in [0.2, 0.25) is 0 Å². The van der Waals surface area contributed by atoms with Crippen molar-refractivity contribution in [2.45, 2.75) is 6.92 Å². The fourth-order valence-corrected chi connectivity index (χ4v) is 2.35. The maximum absolute atomic E-state index is 13.5. The number of halogens is 1. The molecule has 22 heavy (non-hydrogen) atoms. The predicted molar refractivity (Wildman–Crippen MR) is 80.7 cm³/mol. The number of rotatable bonds is 2. The average molecular weight is 299 g/mol. The first-order valence-corrected chi connectivity index (χ1v) is 6.68. The van der Waals surface area contributed by atoms with Crippen LogP contribution in [0.4, 0.5) is 10.1 Å². The van der Waals surface area contributed by atoms with Gasteiger partial charge in [-0.3, -0.25) is 9.20 Å². The number of fused-ring (bicyclic) bond motifs is 1. The van der Waals surface area contributed by atoms with E-state index >= 15 is 0 Å². The summed E-state index contributed by atoms with van der Waals surface area (Å²) in [5, 5.41) is 9.32. The van der Waals surface area contributed by atoms with E-state index in [1.807, 2.05) is 0 Å². The van der Waals surface area contributed by atoms with Gasteiger partial charge in [0.05, 0.1) is 5.69 Å². The summed E-state index contributed by atoms with van der Waals surface area (Å²) < 4.78 is 14.9. The van der Waals surface area contributed by atoms with Crippen LogP contribution in [-0.4, -0.2) is 27.4 Å². The van der Waals surface area contributed by atoms with Crippen molar-refractivity contribution in [2.75, 3.05) is 11.9 Å². The van der Waals surface area contributed by atoms with Crippen molar-refractivity contribution in [1.82, 2.24) is 9.38 Å². The summed E-state index contributed by atoms with van der Waals surface area (Å²) in [6, 6.07) is 9.10. The van der Waals surface area contributed by atoms with Crippen molar-refractivity contribution in [3.63, 3.8) is 0 Å². The molecule has 0 aliphatic rings. The number of amides is 1. The SMILES string of the molecule is Cc1nc2ccc(F)cn2c1C(=O)N(C)c1ccc(O)cc1. The zero-order valence-corrected chi connectivity index (χ0v) is 12.1. The molecule has 3 rings (SSSR count). The number of anilines is 1. The first kappa shape index (κ1) is 14.1. The second kappa shape index (κ2) is 5.14. The van der Waals surface area contributed by atoms with E-state index in [4.69, 9.17) is 0 Å². The van der Waals surface area contributed by atoms with Gasteiger partial charge < -0.3 is 10.0 Å². The fraction of sp³-hybridized carbons (Fsp3) is 0.125. The highest BCUT2D eigenvalue weighted by Crippen LogP contribution is 2.21. The molecule has 112 valence electrons. The molecule has 2 heterocycles. The summed E-state index contributed by atoms with van der Waals surface area (Å²) in [6.45, 7) is 1.71. The number of hydrogen-bond acceptors (Lipinski definition) is 3. The number of hydrogen-bond donors (Lipinski definition) is 1. The number of imidazole rings is 1. The van der Waals surface area contributed by atoms with Crippen LogP contribution < -0.4 is 4.90 Å². The van der Waals surface area contributed by atoms with Crippen LogP contribution in [0.25, 0.3) is 5.65 Å². The highest BCUT2D eigenvalue weighted by molar-refractivity contribution is 6.05. The maximum atomic E-state index is 13.5. The zero-order valence-electron chi connectivity index (χ0n) is 12.1. The van der Waals surface area contributed by atoms with Crippen LogP contribution in [0.15, 0.2) is 42.6 Å². The van der Waals surface area contributed by atoms with Crippen LogP contribution in [0.1, 0.15) is 16.2 Å². The Morgan fingerprint density at radius 3 is 2.59 bits per heavy atom. The summed E-state index contributed by atoms with van der Waals surface area (Å²) in [6.07, 6.45) is 1.24. The largest absolute Gasteiger partial charge is 0.508 e. The van der Waals surface area contributed by atoms with E-state index in [9.17, 15) is 14.3 Å². The number of aryl methyl sites for hydroxylation is 1. The number of phenolic OH excluding ortho intramolecular Hbond substituents is 1. The van der Waals surface area contributed by atoms with Crippen LogP contribution in [0.3, 0.4) is 0 Å². The van der Waals surface area contributed by atoms with Gasteiger partial charge in [-0.05, 0) is 43.3 Å². The molecule has 0 saturated heterocycles. The Bertz CT molecular complexity index is 856. The first-order chi connectivity index (χ1) is 10.5. The molecule has 2 aromatic heterocycles. The van der Waals surface area contributed by atoms with E-state index in [-0.39, 0.29) is 11.7 Å². The van der Waals surface area contributed by atoms with E-state index in [0.29, 0.717) is 22.7 Å². The number of carbonyl (C=O) groups excluding carboxylic acids is 1. The molecule has 1 amide bonds. The van der Waals surface area contributed by atoms with Gasteiger partial charge in [0, 0.05) is 18.9 Å². The lowest BCUT2D eigenvalue weighted by Gasteiger charge is -2.17. The standard InChI is InChI=1S/C16H14FN3O2/c1-10-15(20-9-11(17)3-8-14(20)18-10)16(22)19(2)12-4-6-13(21)7-5-12/h3-9,21H,1-2H3. The lowest BCUT2D eigenvalue weighted by Crippen LogP contribution is -2.28. The van der Waals surface area contributed by atoms with Crippen LogP contribution in [0, 0.1) is 12.7 Å². The van der Waals surface area contributed by atoms with Crippen molar-refractivity contribution in [1.29, 1.82) is 0 Å². The molecule has 0 unspecified atom stereocenters. The van der Waals surface area contributed by atoms with E-state index < -0.39 is 5.82 Å². The quantitative estimate of drug-likeness (QED) is 0.791. The molecule has 6 heteroatoms. The lowest BCUT2D eigenvalue weighted by atomic mass is 10.2. The van der Waals surface area contributed by atoms with Gasteiger partial charge in [0.1, 0.15) is 22.9 Å². The molecule has 1 N–H and O–H groups in total. The smallest absolute Gasteiger partial charge is 0.276 e. The predicted octanol–water partition coefficient (Wildman–Crippen LogP) is 2.76. The zero-order chi connectivity index (χ0) is 15.9. The highest BCUT2D eigenvalue weighted by Gasteiger charge is 2.21. The maximum Gasteiger partial charge on any atom is 0.276 e. The molecule has 0 radical (unpaired) electrons. The average Bonchev–Trinajstić information content (AvgIpc) is 2.82. The Morgan fingerprint density at radius 1 is 1.23 bits per heavy atom. The van der Waals surface area contributed by atoms with Gasteiger partial charge in [-0.15, -0.1) is 0 Å². The van der Waals surface area contributed by atoms with Gasteiger partial charge in [0.25, 0.3) is 5.91 Å². The minimum atomic E-state index is -0.439. The third kappa shape index (κ3) is 2.28. The van der Waals surface area contributed by atoms with Gasteiger partial charge in [-0.25, -0.2) is 9.37 Å². The number of benzene rings is 1. The van der Waals surface area contributed by atoms with Crippen molar-refractivity contribution in [3.8, 4) is 5.75 Å². The van der Waals surface area contributed by atoms with E-state index in [1.165, 1.54) is 39.8 Å². The molecule has 0 spiro atoms. The molecular formula is C16H14FN3O2. The molecule has 0 atom stereocenters.